The fourth-order valence-electron chi connectivity index (χ4n) is 0.0638. The summed E-state index contributed by atoms with van der Waals surface area (Å²) >= 11 is 8.28. The highest BCUT2D eigenvalue weighted by atomic mass is 32.9. The summed E-state index contributed by atoms with van der Waals surface area (Å²) in [6.07, 6.45) is 0.356. The van der Waals surface area contributed by atoms with Crippen molar-refractivity contribution in [3.63, 3.8) is 0 Å². The van der Waals surface area contributed by atoms with Gasteiger partial charge >= 0.3 is 6.13 Å². The second kappa shape index (κ2) is 3.59. The number of hydrogen-bond donors (Lipinski definition) is 1. The van der Waals surface area contributed by atoms with Crippen molar-refractivity contribution < 1.29 is 4.52 Å². The Bertz CT molecular complexity index is 71.9. The first-order chi connectivity index (χ1) is 2.77. The van der Waals surface area contributed by atoms with Crippen LogP contribution in [-0.4, -0.2) is 0 Å². The lowest BCUT2D eigenvalue weighted by Crippen LogP contribution is -1.48. The van der Waals surface area contributed by atoms with Crippen molar-refractivity contribution in [3.05, 3.63) is 12.8 Å². The van der Waals surface area contributed by atoms with Crippen LogP contribution in [0.3, 0.4) is 0 Å². The van der Waals surface area contributed by atoms with Gasteiger partial charge < -0.3 is 0 Å². The Labute approximate surface area is 48.1 Å². The third kappa shape index (κ3) is 4.41. The van der Waals surface area contributed by atoms with E-state index < -0.39 is 6.13 Å². The molecule has 0 heterocycles. The molecule has 0 aliphatic carbocycles. The van der Waals surface area contributed by atoms with E-state index in [1.165, 1.54) is 6.26 Å². The number of thiol groups is 1. The van der Waals surface area contributed by atoms with Crippen LogP contribution in [0.2, 0.25) is 0 Å². The summed E-state index contributed by atoms with van der Waals surface area (Å²) in [5.41, 5.74) is 0. The number of hydrogen-bond acceptors (Lipinski definition) is 2. The second-order valence-corrected chi connectivity index (χ2v) is 4.09. The molecular weight excluding hydrogens is 135 g/mol. The van der Waals surface area contributed by atoms with Gasteiger partial charge in [0.2, 0.25) is 11.8 Å². The van der Waals surface area contributed by atoms with Gasteiger partial charge in [-0.05, 0) is 0 Å². The summed E-state index contributed by atoms with van der Waals surface area (Å²) in [6.45, 7) is 3.28. The number of rotatable bonds is 2. The zero-order valence-corrected chi connectivity index (χ0v) is 5.60. The molecule has 0 spiro atoms. The van der Waals surface area contributed by atoms with Gasteiger partial charge in [-0.1, -0.05) is 6.58 Å². The van der Waals surface area contributed by atoms with E-state index in [2.05, 4.69) is 35.2 Å². The minimum Gasteiger partial charge on any atom is -0.274 e. The minimum absolute atomic E-state index is 0.941. The summed E-state index contributed by atoms with van der Waals surface area (Å²) in [4.78, 5) is 0. The molecule has 1 unspecified atom stereocenters. The van der Waals surface area contributed by atoms with Crippen LogP contribution in [0, 0.1) is 0 Å². The molecule has 0 bridgehead atoms. The molecule has 1 nitrogen and oxygen atoms in total. The molecule has 0 rings (SSSR count). The van der Waals surface area contributed by atoms with Crippen LogP contribution < -0.4 is 0 Å². The maximum absolute atomic E-state index is 4.55. The Morgan fingerprint density at radius 3 is 2.50 bits per heavy atom. The molecule has 0 saturated carbocycles. The highest BCUT2D eigenvalue weighted by Crippen LogP contribution is 2.26. The summed E-state index contributed by atoms with van der Waals surface area (Å²) in [6, 6.07) is 0. The van der Waals surface area contributed by atoms with Crippen molar-refractivity contribution in [1.82, 2.24) is 0 Å². The maximum atomic E-state index is 4.55. The predicted molar refractivity (Wildman–Crippen MR) is 34.6 cm³/mol. The van der Waals surface area contributed by atoms with Gasteiger partial charge in [0.05, 0.1) is 0 Å². The molecule has 0 radical (unpaired) electrons. The molecular formula is C2H4OPS2+. The molecule has 6 heavy (non-hydrogen) atoms. The molecule has 0 aliphatic heterocycles. The quantitative estimate of drug-likeness (QED) is 0.355. The molecule has 0 aromatic carbocycles. The van der Waals surface area contributed by atoms with Crippen molar-refractivity contribution >= 4 is 30.2 Å². The molecule has 1 atom stereocenters. The molecule has 0 amide bonds. The molecule has 34 valence electrons. The first-order valence-corrected chi connectivity index (χ1v) is 4.63. The van der Waals surface area contributed by atoms with Gasteiger partial charge in [0.15, 0.2) is 0 Å². The minimum atomic E-state index is -0.941. The highest BCUT2D eigenvalue weighted by Gasteiger charge is 1.94. The molecule has 0 fully saturated rings. The third-order valence-corrected chi connectivity index (χ3v) is 1.04. The fraction of sp³-hybridized carbons (Fsp3) is 0. The Balaban J connectivity index is 3.05. The molecule has 0 saturated heterocycles. The van der Waals surface area contributed by atoms with Gasteiger partial charge in [0, 0.05) is 0 Å². The zero-order valence-electron chi connectivity index (χ0n) is 3.00. The highest BCUT2D eigenvalue weighted by molar-refractivity contribution is 8.54. The van der Waals surface area contributed by atoms with Crippen LogP contribution in [-0.2, 0) is 16.3 Å². The Hall–Kier alpha value is 0.410. The third-order valence-electron chi connectivity index (χ3n) is 0.165. The van der Waals surface area contributed by atoms with E-state index in [-0.39, 0.29) is 0 Å². The van der Waals surface area contributed by atoms with Crippen molar-refractivity contribution in [2.24, 2.45) is 0 Å². The SMILES string of the molecule is C=CO[P+](=S)S. The van der Waals surface area contributed by atoms with E-state index in [1.54, 1.807) is 0 Å². The monoisotopic (exact) mass is 139 g/mol. The van der Waals surface area contributed by atoms with Crippen molar-refractivity contribution in [2.75, 3.05) is 0 Å². The first kappa shape index (κ1) is 6.41. The summed E-state index contributed by atoms with van der Waals surface area (Å²) in [5, 5.41) is 0. The van der Waals surface area contributed by atoms with Crippen LogP contribution in [0.25, 0.3) is 0 Å². The van der Waals surface area contributed by atoms with Gasteiger partial charge in [-0.25, -0.2) is 0 Å². The van der Waals surface area contributed by atoms with Crippen molar-refractivity contribution in [2.45, 2.75) is 0 Å². The molecule has 0 aliphatic rings. The van der Waals surface area contributed by atoms with E-state index in [0.29, 0.717) is 0 Å². The van der Waals surface area contributed by atoms with Crippen LogP contribution >= 0.6 is 18.4 Å². The van der Waals surface area contributed by atoms with E-state index in [1.807, 2.05) is 0 Å². The van der Waals surface area contributed by atoms with Gasteiger partial charge in [0.1, 0.15) is 18.5 Å². The first-order valence-electron chi connectivity index (χ1n) is 1.21. The molecule has 4 heteroatoms. The predicted octanol–water partition coefficient (Wildman–Crippen LogP) is 1.85. The van der Waals surface area contributed by atoms with E-state index in [0.717, 1.165) is 0 Å². The van der Waals surface area contributed by atoms with Crippen LogP contribution in [0.15, 0.2) is 12.8 Å². The summed E-state index contributed by atoms with van der Waals surface area (Å²) < 4.78 is 4.55. The van der Waals surface area contributed by atoms with Gasteiger partial charge in [0.25, 0.3) is 0 Å². The molecule has 0 N–H and O–H groups in total. The Kier molecular flexibility index (Phi) is 3.84. The Morgan fingerprint density at radius 2 is 2.50 bits per heavy atom. The lowest BCUT2D eigenvalue weighted by molar-refractivity contribution is 0.563. The second-order valence-electron chi connectivity index (χ2n) is 0.510. The maximum Gasteiger partial charge on any atom is 0.459 e. The van der Waals surface area contributed by atoms with E-state index in [9.17, 15) is 0 Å². The smallest absolute Gasteiger partial charge is 0.274 e. The summed E-state index contributed by atoms with van der Waals surface area (Å²) in [7, 11) is 0. The topological polar surface area (TPSA) is 9.23 Å². The Morgan fingerprint density at radius 1 is 2.00 bits per heavy atom. The normalized spacial score (nSPS) is 9.83. The van der Waals surface area contributed by atoms with Crippen LogP contribution in [0.1, 0.15) is 0 Å². The van der Waals surface area contributed by atoms with Gasteiger partial charge in [-0.15, -0.1) is 0 Å². The van der Waals surface area contributed by atoms with Crippen molar-refractivity contribution in [3.8, 4) is 0 Å². The fourth-order valence-corrected chi connectivity index (χ4v) is 0.574. The molecule has 0 aromatic rings. The average molecular weight is 139 g/mol. The van der Waals surface area contributed by atoms with Crippen LogP contribution in [0.4, 0.5) is 0 Å². The standard InChI is InChI=1S/C2H3OPS2/c1-2-3-4(5)6/h2H,1H2/p+1. The van der Waals surface area contributed by atoms with Crippen molar-refractivity contribution in [1.29, 1.82) is 0 Å². The van der Waals surface area contributed by atoms with Gasteiger partial charge in [-0.3, -0.25) is 4.52 Å². The van der Waals surface area contributed by atoms with E-state index in [4.69, 9.17) is 0 Å². The molecule has 0 aromatic heterocycles. The lowest BCUT2D eigenvalue weighted by atomic mass is 11.2. The summed E-state index contributed by atoms with van der Waals surface area (Å²) in [5.74, 6) is 0. The van der Waals surface area contributed by atoms with Gasteiger partial charge in [-0.2, -0.15) is 0 Å². The van der Waals surface area contributed by atoms with Crippen LogP contribution in [0.5, 0.6) is 0 Å². The van der Waals surface area contributed by atoms with E-state index >= 15 is 0 Å². The lowest BCUT2D eigenvalue weighted by Gasteiger charge is -1.68. The average Bonchev–Trinajstić information content (AvgIpc) is 1.35. The largest absolute Gasteiger partial charge is 0.459 e. The zero-order chi connectivity index (χ0) is 4.99.